The van der Waals surface area contributed by atoms with Crippen LogP contribution in [0.5, 0.6) is 0 Å². The van der Waals surface area contributed by atoms with Crippen molar-refractivity contribution >= 4 is 38.4 Å². The van der Waals surface area contributed by atoms with Crippen molar-refractivity contribution < 1.29 is 22.7 Å². The van der Waals surface area contributed by atoms with Crippen molar-refractivity contribution in [2.24, 2.45) is 0 Å². The summed E-state index contributed by atoms with van der Waals surface area (Å²) in [6.07, 6.45) is -0.235. The normalized spacial score (nSPS) is 11.5. The molecule has 0 spiro atoms. The van der Waals surface area contributed by atoms with Crippen molar-refractivity contribution in [2.75, 3.05) is 26.0 Å². The molecule has 2 aromatic carbocycles. The van der Waals surface area contributed by atoms with Crippen molar-refractivity contribution in [1.29, 1.82) is 0 Å². The zero-order chi connectivity index (χ0) is 22.6. The fourth-order valence-electron chi connectivity index (χ4n) is 2.78. The number of rotatable bonds is 7. The van der Waals surface area contributed by atoms with E-state index in [9.17, 15) is 22.8 Å². The minimum atomic E-state index is -3.65. The Balaban J connectivity index is 1.61. The quantitative estimate of drug-likeness (QED) is 0.516. The maximum absolute atomic E-state index is 12.2. The summed E-state index contributed by atoms with van der Waals surface area (Å²) in [6, 6.07) is 12.4. The third-order valence-electron chi connectivity index (χ3n) is 4.35. The molecule has 0 radical (unpaired) electrons. The number of hydrogen-bond acceptors (Lipinski definition) is 7. The zero-order valence-corrected chi connectivity index (χ0v) is 17.6. The van der Waals surface area contributed by atoms with Gasteiger partial charge in [-0.3, -0.25) is 14.4 Å². The number of carbonyl (C=O) groups excluding carboxylic acids is 2. The summed E-state index contributed by atoms with van der Waals surface area (Å²) in [7, 11) is -0.846. The van der Waals surface area contributed by atoms with E-state index in [2.05, 4.69) is 15.5 Å². The summed E-state index contributed by atoms with van der Waals surface area (Å²) in [5, 5.41) is 9.62. The summed E-state index contributed by atoms with van der Waals surface area (Å²) in [5.74, 6) is -1.34. The molecule has 162 valence electrons. The molecule has 2 N–H and O–H groups in total. The smallest absolute Gasteiger partial charge is 0.312 e. The van der Waals surface area contributed by atoms with Gasteiger partial charge in [0.2, 0.25) is 10.0 Å². The second-order valence-electron chi connectivity index (χ2n) is 6.75. The molecule has 3 rings (SSSR count). The molecule has 0 bridgehead atoms. The minimum absolute atomic E-state index is 0.0170. The Morgan fingerprint density at radius 3 is 2.52 bits per heavy atom. The van der Waals surface area contributed by atoms with Gasteiger partial charge in [-0.2, -0.15) is 5.10 Å². The van der Waals surface area contributed by atoms with Crippen LogP contribution in [-0.2, 0) is 30.8 Å². The standard InChI is InChI=1S/C20H20N4O6S/c1-24(2)31(28,29)14-7-5-6-13(10-14)21-18(25)12-30-19(26)11-17-15-8-3-4-9-16(15)20(27)23-22-17/h3-10H,11-12H2,1-2H3,(H,21,25)(H,23,27). The number of amides is 1. The maximum atomic E-state index is 12.2. The van der Waals surface area contributed by atoms with Gasteiger partial charge in [-0.15, -0.1) is 0 Å². The average Bonchev–Trinajstić information content (AvgIpc) is 2.74. The van der Waals surface area contributed by atoms with Crippen LogP contribution in [0.25, 0.3) is 10.8 Å². The molecular formula is C20H20N4O6S. The van der Waals surface area contributed by atoms with Crippen LogP contribution in [0.15, 0.2) is 58.2 Å². The highest BCUT2D eigenvalue weighted by Crippen LogP contribution is 2.18. The first kappa shape index (κ1) is 22.1. The van der Waals surface area contributed by atoms with Gasteiger partial charge in [0.1, 0.15) is 0 Å². The number of aromatic nitrogens is 2. The summed E-state index contributed by atoms with van der Waals surface area (Å²) in [5.41, 5.74) is 0.199. The van der Waals surface area contributed by atoms with Crippen LogP contribution in [0, 0.1) is 0 Å². The van der Waals surface area contributed by atoms with E-state index in [1.165, 1.54) is 38.4 Å². The summed E-state index contributed by atoms with van der Waals surface area (Å²) >= 11 is 0. The number of aromatic amines is 1. The lowest BCUT2D eigenvalue weighted by atomic mass is 10.1. The Morgan fingerprint density at radius 2 is 1.81 bits per heavy atom. The van der Waals surface area contributed by atoms with E-state index in [0.717, 1.165) is 4.31 Å². The zero-order valence-electron chi connectivity index (χ0n) is 16.8. The van der Waals surface area contributed by atoms with Crippen molar-refractivity contribution in [3.8, 4) is 0 Å². The van der Waals surface area contributed by atoms with Crippen LogP contribution in [-0.4, -0.2) is 55.5 Å². The molecule has 0 saturated carbocycles. The monoisotopic (exact) mass is 444 g/mol. The number of nitrogens with zero attached hydrogens (tertiary/aromatic N) is 2. The lowest BCUT2D eigenvalue weighted by Gasteiger charge is -2.12. The molecule has 1 amide bonds. The second kappa shape index (κ2) is 9.06. The lowest BCUT2D eigenvalue weighted by molar-refractivity contribution is -0.146. The Bertz CT molecular complexity index is 1300. The number of benzene rings is 2. The maximum Gasteiger partial charge on any atom is 0.312 e. The van der Waals surface area contributed by atoms with E-state index in [-0.39, 0.29) is 22.6 Å². The Morgan fingerprint density at radius 1 is 1.10 bits per heavy atom. The third-order valence-corrected chi connectivity index (χ3v) is 6.16. The first-order chi connectivity index (χ1) is 14.7. The number of carbonyl (C=O) groups is 2. The van der Waals surface area contributed by atoms with E-state index < -0.39 is 28.5 Å². The predicted molar refractivity (Wildman–Crippen MR) is 113 cm³/mol. The Labute approximate surface area is 177 Å². The van der Waals surface area contributed by atoms with Gasteiger partial charge >= 0.3 is 5.97 Å². The van der Waals surface area contributed by atoms with E-state index >= 15 is 0 Å². The highest BCUT2D eigenvalue weighted by molar-refractivity contribution is 7.89. The Hall–Kier alpha value is -3.57. The molecule has 0 aliphatic rings. The third kappa shape index (κ3) is 5.13. The molecule has 0 fully saturated rings. The highest BCUT2D eigenvalue weighted by Gasteiger charge is 2.18. The highest BCUT2D eigenvalue weighted by atomic mass is 32.2. The van der Waals surface area contributed by atoms with Crippen LogP contribution in [0.2, 0.25) is 0 Å². The number of nitrogens with one attached hydrogen (secondary N) is 2. The molecule has 11 heteroatoms. The van der Waals surface area contributed by atoms with Crippen molar-refractivity contribution in [3.05, 3.63) is 64.6 Å². The number of fused-ring (bicyclic) bond motifs is 1. The molecular weight excluding hydrogens is 424 g/mol. The second-order valence-corrected chi connectivity index (χ2v) is 8.90. The van der Waals surface area contributed by atoms with Gasteiger partial charge < -0.3 is 10.1 Å². The number of anilines is 1. The SMILES string of the molecule is CN(C)S(=O)(=O)c1cccc(NC(=O)COC(=O)Cc2n[nH]c(=O)c3ccccc23)c1. The topological polar surface area (TPSA) is 139 Å². The van der Waals surface area contributed by atoms with Crippen LogP contribution in [0.3, 0.4) is 0 Å². The van der Waals surface area contributed by atoms with Crippen molar-refractivity contribution in [2.45, 2.75) is 11.3 Å². The number of esters is 1. The molecule has 1 aromatic heterocycles. The number of H-pyrrole nitrogens is 1. The predicted octanol–water partition coefficient (Wildman–Crippen LogP) is 0.898. The molecule has 10 nitrogen and oxygen atoms in total. The summed E-state index contributed by atoms with van der Waals surface area (Å²) in [6.45, 7) is -0.565. The van der Waals surface area contributed by atoms with Crippen LogP contribution in [0.4, 0.5) is 5.69 Å². The van der Waals surface area contributed by atoms with E-state index in [4.69, 9.17) is 4.74 Å². The first-order valence-electron chi connectivity index (χ1n) is 9.13. The summed E-state index contributed by atoms with van der Waals surface area (Å²) in [4.78, 5) is 36.1. The Kier molecular flexibility index (Phi) is 6.47. The molecule has 1 heterocycles. The van der Waals surface area contributed by atoms with Gasteiger partial charge in [0, 0.05) is 25.2 Å². The van der Waals surface area contributed by atoms with Crippen molar-refractivity contribution in [3.63, 3.8) is 0 Å². The lowest BCUT2D eigenvalue weighted by Crippen LogP contribution is -2.24. The van der Waals surface area contributed by atoms with Crippen LogP contribution >= 0.6 is 0 Å². The number of hydrogen-bond donors (Lipinski definition) is 2. The van der Waals surface area contributed by atoms with Crippen molar-refractivity contribution in [1.82, 2.24) is 14.5 Å². The van der Waals surface area contributed by atoms with E-state index in [0.29, 0.717) is 16.5 Å². The fraction of sp³-hybridized carbons (Fsp3) is 0.200. The fourth-order valence-corrected chi connectivity index (χ4v) is 3.73. The largest absolute Gasteiger partial charge is 0.455 e. The molecule has 31 heavy (non-hydrogen) atoms. The van der Waals surface area contributed by atoms with Gasteiger partial charge in [-0.05, 0) is 24.3 Å². The van der Waals surface area contributed by atoms with Gasteiger partial charge in [0.05, 0.1) is 22.4 Å². The van der Waals surface area contributed by atoms with Crippen LogP contribution in [0.1, 0.15) is 5.69 Å². The average molecular weight is 444 g/mol. The minimum Gasteiger partial charge on any atom is -0.455 e. The summed E-state index contributed by atoms with van der Waals surface area (Å²) < 4.78 is 30.4. The van der Waals surface area contributed by atoms with Gasteiger partial charge in [-0.25, -0.2) is 17.8 Å². The molecule has 3 aromatic rings. The number of sulfonamides is 1. The van der Waals surface area contributed by atoms with Crippen LogP contribution < -0.4 is 10.9 Å². The van der Waals surface area contributed by atoms with Gasteiger partial charge in [0.15, 0.2) is 6.61 Å². The molecule has 0 unspecified atom stereocenters. The van der Waals surface area contributed by atoms with Gasteiger partial charge in [-0.1, -0.05) is 24.3 Å². The molecule has 0 saturated heterocycles. The number of ether oxygens (including phenoxy) is 1. The van der Waals surface area contributed by atoms with E-state index in [1.54, 1.807) is 24.3 Å². The molecule has 0 aliphatic heterocycles. The van der Waals surface area contributed by atoms with E-state index in [1.807, 2.05) is 0 Å². The molecule has 0 atom stereocenters. The first-order valence-corrected chi connectivity index (χ1v) is 10.6. The molecule has 0 aliphatic carbocycles. The van der Waals surface area contributed by atoms with Gasteiger partial charge in [0.25, 0.3) is 11.5 Å².